The number of benzene rings is 1. The third kappa shape index (κ3) is 3.49. The first-order chi connectivity index (χ1) is 10.1. The molecule has 0 radical (unpaired) electrons. The third-order valence-corrected chi connectivity index (χ3v) is 5.45. The van der Waals surface area contributed by atoms with E-state index in [9.17, 15) is 0 Å². The number of hydrogen-bond donors (Lipinski definition) is 1. The number of rotatable bonds is 3. The molecule has 1 aliphatic carbocycles. The minimum Gasteiger partial charge on any atom is -0.309 e. The Kier molecular flexibility index (Phi) is 4.37. The number of nitrogens with one attached hydrogen (secondary N) is 1. The molecule has 1 aromatic rings. The van der Waals surface area contributed by atoms with E-state index in [1.54, 1.807) is 0 Å². The van der Waals surface area contributed by atoms with E-state index in [0.717, 1.165) is 0 Å². The van der Waals surface area contributed by atoms with E-state index in [0.29, 0.717) is 5.54 Å². The summed E-state index contributed by atoms with van der Waals surface area (Å²) >= 11 is 0. The van der Waals surface area contributed by atoms with Gasteiger partial charge < -0.3 is 5.32 Å². The van der Waals surface area contributed by atoms with Crippen LogP contribution in [0.4, 0.5) is 0 Å². The maximum Gasteiger partial charge on any atom is 0.0335 e. The maximum absolute atomic E-state index is 3.81. The Morgan fingerprint density at radius 3 is 2.48 bits per heavy atom. The van der Waals surface area contributed by atoms with Crippen LogP contribution in [0.5, 0.6) is 0 Å². The van der Waals surface area contributed by atoms with Crippen molar-refractivity contribution in [3.05, 3.63) is 35.9 Å². The molecule has 21 heavy (non-hydrogen) atoms. The van der Waals surface area contributed by atoms with Crippen LogP contribution in [0.25, 0.3) is 0 Å². The minimum atomic E-state index is 0.249. The first-order valence-electron chi connectivity index (χ1n) is 8.64. The van der Waals surface area contributed by atoms with Crippen LogP contribution in [-0.4, -0.2) is 35.6 Å². The van der Waals surface area contributed by atoms with Gasteiger partial charge in [0.2, 0.25) is 0 Å². The van der Waals surface area contributed by atoms with E-state index >= 15 is 0 Å². The zero-order valence-corrected chi connectivity index (χ0v) is 13.7. The first-order valence-corrected chi connectivity index (χ1v) is 8.64. The summed E-state index contributed by atoms with van der Waals surface area (Å²) in [6.45, 7) is 8.25. The molecule has 1 spiro atoms. The number of nitrogens with zero attached hydrogens (tertiary/aromatic N) is 1. The van der Waals surface area contributed by atoms with Crippen molar-refractivity contribution in [1.82, 2.24) is 10.2 Å². The molecule has 1 heterocycles. The minimum absolute atomic E-state index is 0.249. The quantitative estimate of drug-likeness (QED) is 0.913. The zero-order chi connectivity index (χ0) is 14.8. The lowest BCUT2D eigenvalue weighted by Gasteiger charge is -2.54. The van der Waals surface area contributed by atoms with Crippen molar-refractivity contribution < 1.29 is 0 Å². The van der Waals surface area contributed by atoms with Gasteiger partial charge in [0, 0.05) is 30.7 Å². The number of piperazine rings is 1. The standard InChI is InChI=1S/C19H30N2/c1-18(2)16-21(14-11-17-9-5-3-6-10-17)19(15-20-18)12-7-4-8-13-19/h3,5-6,9-10,20H,4,7-8,11-16H2,1-2H3. The second-order valence-electron chi connectivity index (χ2n) is 7.68. The van der Waals surface area contributed by atoms with Crippen LogP contribution in [0, 0.1) is 0 Å². The Morgan fingerprint density at radius 1 is 1.05 bits per heavy atom. The lowest BCUT2D eigenvalue weighted by Crippen LogP contribution is -2.68. The fourth-order valence-electron chi connectivity index (χ4n) is 4.14. The molecule has 0 unspecified atom stereocenters. The largest absolute Gasteiger partial charge is 0.309 e. The van der Waals surface area contributed by atoms with Crippen LogP contribution in [0.15, 0.2) is 30.3 Å². The molecule has 2 fully saturated rings. The highest BCUT2D eigenvalue weighted by atomic mass is 15.3. The SMILES string of the molecule is CC1(C)CN(CCc2ccccc2)C2(CCCCC2)CN1. The normalized spacial score (nSPS) is 25.0. The van der Waals surface area contributed by atoms with Gasteiger partial charge in [0.25, 0.3) is 0 Å². The first kappa shape index (κ1) is 15.1. The molecule has 0 aromatic heterocycles. The molecule has 0 atom stereocenters. The van der Waals surface area contributed by atoms with Gasteiger partial charge in [-0.05, 0) is 38.7 Å². The van der Waals surface area contributed by atoms with Crippen molar-refractivity contribution in [1.29, 1.82) is 0 Å². The average molecular weight is 286 g/mol. The maximum atomic E-state index is 3.81. The topological polar surface area (TPSA) is 15.3 Å². The van der Waals surface area contributed by atoms with E-state index in [1.165, 1.54) is 63.7 Å². The molecule has 3 rings (SSSR count). The molecule has 0 bridgehead atoms. The monoisotopic (exact) mass is 286 g/mol. The van der Waals surface area contributed by atoms with Gasteiger partial charge in [0.15, 0.2) is 0 Å². The van der Waals surface area contributed by atoms with Crippen molar-refractivity contribution >= 4 is 0 Å². The van der Waals surface area contributed by atoms with Crippen LogP contribution < -0.4 is 5.32 Å². The molecule has 1 N–H and O–H groups in total. The van der Waals surface area contributed by atoms with Crippen LogP contribution in [0.2, 0.25) is 0 Å². The lowest BCUT2D eigenvalue weighted by molar-refractivity contribution is -0.00900. The van der Waals surface area contributed by atoms with Crippen LogP contribution in [0.1, 0.15) is 51.5 Å². The summed E-state index contributed by atoms with van der Waals surface area (Å²) in [5.41, 5.74) is 2.15. The van der Waals surface area contributed by atoms with Gasteiger partial charge in [-0.2, -0.15) is 0 Å². The van der Waals surface area contributed by atoms with Crippen LogP contribution in [-0.2, 0) is 6.42 Å². The number of hydrogen-bond acceptors (Lipinski definition) is 2. The fraction of sp³-hybridized carbons (Fsp3) is 0.684. The van der Waals surface area contributed by atoms with Gasteiger partial charge in [-0.1, -0.05) is 49.6 Å². The molecule has 1 aliphatic heterocycles. The van der Waals surface area contributed by atoms with E-state index in [-0.39, 0.29) is 5.54 Å². The second kappa shape index (κ2) is 6.10. The Morgan fingerprint density at radius 2 is 1.76 bits per heavy atom. The molecule has 1 aromatic carbocycles. The van der Waals surface area contributed by atoms with E-state index in [1.807, 2.05) is 0 Å². The highest BCUT2D eigenvalue weighted by Crippen LogP contribution is 2.37. The van der Waals surface area contributed by atoms with Crippen molar-refractivity contribution in [2.24, 2.45) is 0 Å². The molecule has 116 valence electrons. The summed E-state index contributed by atoms with van der Waals surface area (Å²) in [5, 5.41) is 3.81. The van der Waals surface area contributed by atoms with Gasteiger partial charge in [-0.3, -0.25) is 4.90 Å². The van der Waals surface area contributed by atoms with E-state index in [4.69, 9.17) is 0 Å². The molecule has 1 saturated heterocycles. The average Bonchev–Trinajstić information content (AvgIpc) is 2.51. The molecular weight excluding hydrogens is 256 g/mol. The summed E-state index contributed by atoms with van der Waals surface area (Å²) in [7, 11) is 0. The van der Waals surface area contributed by atoms with Crippen molar-refractivity contribution in [3.63, 3.8) is 0 Å². The van der Waals surface area contributed by atoms with Gasteiger partial charge in [-0.25, -0.2) is 0 Å². The Balaban J connectivity index is 1.71. The fourth-order valence-corrected chi connectivity index (χ4v) is 4.14. The van der Waals surface area contributed by atoms with E-state index in [2.05, 4.69) is 54.4 Å². The Labute approximate surface area is 129 Å². The van der Waals surface area contributed by atoms with Crippen LogP contribution >= 0.6 is 0 Å². The van der Waals surface area contributed by atoms with Crippen molar-refractivity contribution in [2.45, 2.75) is 63.5 Å². The molecule has 2 heteroatoms. The smallest absolute Gasteiger partial charge is 0.0335 e. The highest BCUT2D eigenvalue weighted by Gasteiger charge is 2.43. The van der Waals surface area contributed by atoms with Crippen molar-refractivity contribution in [3.8, 4) is 0 Å². The van der Waals surface area contributed by atoms with E-state index < -0.39 is 0 Å². The molecule has 2 nitrogen and oxygen atoms in total. The molecule has 0 amide bonds. The van der Waals surface area contributed by atoms with Gasteiger partial charge >= 0.3 is 0 Å². The third-order valence-electron chi connectivity index (χ3n) is 5.45. The lowest BCUT2D eigenvalue weighted by atomic mass is 9.76. The predicted molar refractivity (Wildman–Crippen MR) is 89.6 cm³/mol. The Bertz CT molecular complexity index is 446. The summed E-state index contributed by atoms with van der Waals surface area (Å²) in [4.78, 5) is 2.82. The van der Waals surface area contributed by atoms with Crippen LogP contribution in [0.3, 0.4) is 0 Å². The summed E-state index contributed by atoms with van der Waals surface area (Å²) in [5.74, 6) is 0. The molecular formula is C19H30N2. The van der Waals surface area contributed by atoms with Gasteiger partial charge in [-0.15, -0.1) is 0 Å². The molecule has 1 saturated carbocycles. The molecule has 2 aliphatic rings. The zero-order valence-electron chi connectivity index (χ0n) is 13.7. The Hall–Kier alpha value is -0.860. The second-order valence-corrected chi connectivity index (χ2v) is 7.68. The predicted octanol–water partition coefficient (Wildman–Crippen LogP) is 3.62. The highest BCUT2D eigenvalue weighted by molar-refractivity contribution is 5.15. The van der Waals surface area contributed by atoms with Gasteiger partial charge in [0.05, 0.1) is 0 Å². The summed E-state index contributed by atoms with van der Waals surface area (Å²) in [6, 6.07) is 11.0. The summed E-state index contributed by atoms with van der Waals surface area (Å²) in [6.07, 6.45) is 8.18. The van der Waals surface area contributed by atoms with Gasteiger partial charge in [0.1, 0.15) is 0 Å². The van der Waals surface area contributed by atoms with Crippen molar-refractivity contribution in [2.75, 3.05) is 19.6 Å². The summed E-state index contributed by atoms with van der Waals surface area (Å²) < 4.78 is 0.